The van der Waals surface area contributed by atoms with Crippen molar-refractivity contribution < 1.29 is 0 Å². The summed E-state index contributed by atoms with van der Waals surface area (Å²) in [6.07, 6.45) is 3.75. The third kappa shape index (κ3) is 2.57. The molecule has 1 atom stereocenters. The molecule has 2 aromatic rings. The minimum atomic E-state index is 0.0306. The molecule has 1 aromatic heterocycles. The highest BCUT2D eigenvalue weighted by Crippen LogP contribution is 2.28. The Morgan fingerprint density at radius 3 is 2.78 bits per heavy atom. The molecule has 1 aromatic carbocycles. The number of nitrogens with one attached hydrogen (secondary N) is 1. The fraction of sp³-hybridized carbons (Fsp3) is 0.357. The Bertz CT molecular complexity index is 534. The van der Waals surface area contributed by atoms with E-state index in [1.807, 2.05) is 37.0 Å². The van der Waals surface area contributed by atoms with Gasteiger partial charge in [0.05, 0.1) is 6.04 Å². The maximum absolute atomic E-state index is 6.35. The second-order valence-corrected chi connectivity index (χ2v) is 4.82. The minimum absolute atomic E-state index is 0.0306. The smallest absolute Gasteiger partial charge is 0.130 e. The molecule has 4 heteroatoms. The molecule has 2 rings (SSSR count). The molecule has 1 unspecified atom stereocenters. The fourth-order valence-corrected chi connectivity index (χ4v) is 2.41. The monoisotopic (exact) mass is 263 g/mol. The standard InChI is InChI=1S/C14H18ClN3/c1-4-16-13(14-17-7-8-18(14)3)11-6-5-10(2)9-12(11)15/h5-9,13,16H,4H2,1-3H3. The summed E-state index contributed by atoms with van der Waals surface area (Å²) in [7, 11) is 1.99. The molecule has 0 aliphatic heterocycles. The molecule has 0 bridgehead atoms. The van der Waals surface area contributed by atoms with Gasteiger partial charge in [-0.2, -0.15) is 0 Å². The van der Waals surface area contributed by atoms with Crippen molar-refractivity contribution in [2.75, 3.05) is 6.54 Å². The van der Waals surface area contributed by atoms with Crippen LogP contribution in [0.5, 0.6) is 0 Å². The predicted molar refractivity (Wildman–Crippen MR) is 74.9 cm³/mol. The van der Waals surface area contributed by atoms with Crippen LogP contribution in [0.3, 0.4) is 0 Å². The van der Waals surface area contributed by atoms with Gasteiger partial charge >= 0.3 is 0 Å². The normalized spacial score (nSPS) is 12.7. The first kappa shape index (κ1) is 13.1. The van der Waals surface area contributed by atoms with Crippen molar-refractivity contribution in [3.63, 3.8) is 0 Å². The molecular weight excluding hydrogens is 246 g/mol. The van der Waals surface area contributed by atoms with Gasteiger partial charge in [0.15, 0.2) is 0 Å². The lowest BCUT2D eigenvalue weighted by molar-refractivity contribution is 0.577. The Hall–Kier alpha value is -1.32. The van der Waals surface area contributed by atoms with Gasteiger partial charge in [0.2, 0.25) is 0 Å². The number of aromatic nitrogens is 2. The first-order valence-electron chi connectivity index (χ1n) is 6.10. The molecule has 96 valence electrons. The number of hydrogen-bond donors (Lipinski definition) is 1. The van der Waals surface area contributed by atoms with Crippen LogP contribution in [0.15, 0.2) is 30.6 Å². The molecule has 1 N–H and O–H groups in total. The van der Waals surface area contributed by atoms with Crippen molar-refractivity contribution >= 4 is 11.6 Å². The summed E-state index contributed by atoms with van der Waals surface area (Å²) in [5, 5.41) is 4.22. The van der Waals surface area contributed by atoms with E-state index in [2.05, 4.69) is 29.4 Å². The number of hydrogen-bond acceptors (Lipinski definition) is 2. The number of imidazole rings is 1. The number of halogens is 1. The van der Waals surface area contributed by atoms with E-state index in [0.29, 0.717) is 0 Å². The molecule has 0 fully saturated rings. The van der Waals surface area contributed by atoms with Crippen molar-refractivity contribution in [2.45, 2.75) is 19.9 Å². The maximum Gasteiger partial charge on any atom is 0.130 e. The van der Waals surface area contributed by atoms with Gasteiger partial charge in [0.1, 0.15) is 5.82 Å². The van der Waals surface area contributed by atoms with Crippen LogP contribution in [0.1, 0.15) is 29.9 Å². The zero-order valence-electron chi connectivity index (χ0n) is 10.9. The number of benzene rings is 1. The van der Waals surface area contributed by atoms with Gasteiger partial charge in [-0.05, 0) is 30.7 Å². The second-order valence-electron chi connectivity index (χ2n) is 4.41. The van der Waals surface area contributed by atoms with Crippen LogP contribution < -0.4 is 5.32 Å². The summed E-state index contributed by atoms with van der Waals surface area (Å²) in [5.74, 6) is 0.975. The molecule has 0 aliphatic carbocycles. The Morgan fingerprint density at radius 2 is 2.22 bits per heavy atom. The quantitative estimate of drug-likeness (QED) is 0.919. The number of nitrogens with zero attached hydrogens (tertiary/aromatic N) is 2. The van der Waals surface area contributed by atoms with Gasteiger partial charge < -0.3 is 9.88 Å². The summed E-state index contributed by atoms with van der Waals surface area (Å²) in [4.78, 5) is 4.42. The summed E-state index contributed by atoms with van der Waals surface area (Å²) in [6.45, 7) is 4.98. The average Bonchev–Trinajstić information content (AvgIpc) is 2.73. The molecule has 0 aliphatic rings. The van der Waals surface area contributed by atoms with Crippen LogP contribution in [-0.2, 0) is 7.05 Å². The Labute approximate surface area is 113 Å². The zero-order valence-corrected chi connectivity index (χ0v) is 11.7. The van der Waals surface area contributed by atoms with E-state index in [1.165, 1.54) is 5.56 Å². The van der Waals surface area contributed by atoms with Crippen LogP contribution in [0, 0.1) is 6.92 Å². The Balaban J connectivity index is 2.45. The van der Waals surface area contributed by atoms with Crippen LogP contribution in [0.4, 0.5) is 0 Å². The molecule has 1 heterocycles. The lowest BCUT2D eigenvalue weighted by Gasteiger charge is -2.19. The van der Waals surface area contributed by atoms with Crippen LogP contribution >= 0.6 is 11.6 Å². The number of rotatable bonds is 4. The third-order valence-electron chi connectivity index (χ3n) is 2.99. The molecule has 3 nitrogen and oxygen atoms in total. The van der Waals surface area contributed by atoms with Crippen molar-refractivity contribution in [2.24, 2.45) is 7.05 Å². The Morgan fingerprint density at radius 1 is 1.44 bits per heavy atom. The highest BCUT2D eigenvalue weighted by atomic mass is 35.5. The molecule has 0 spiro atoms. The van der Waals surface area contributed by atoms with Crippen molar-refractivity contribution in [3.8, 4) is 0 Å². The predicted octanol–water partition coefficient (Wildman–Crippen LogP) is 3.08. The van der Waals surface area contributed by atoms with Crippen LogP contribution in [-0.4, -0.2) is 16.1 Å². The van der Waals surface area contributed by atoms with Crippen molar-refractivity contribution in [1.82, 2.24) is 14.9 Å². The van der Waals surface area contributed by atoms with E-state index >= 15 is 0 Å². The molecule has 18 heavy (non-hydrogen) atoms. The van der Waals surface area contributed by atoms with Gasteiger partial charge in [-0.25, -0.2) is 4.98 Å². The van der Waals surface area contributed by atoms with E-state index in [4.69, 9.17) is 11.6 Å². The molecule has 0 saturated heterocycles. The highest BCUT2D eigenvalue weighted by molar-refractivity contribution is 6.31. The largest absolute Gasteiger partial charge is 0.336 e. The van der Waals surface area contributed by atoms with Gasteiger partial charge in [-0.3, -0.25) is 0 Å². The van der Waals surface area contributed by atoms with Crippen molar-refractivity contribution in [1.29, 1.82) is 0 Å². The summed E-state index contributed by atoms with van der Waals surface area (Å²) < 4.78 is 2.02. The van der Waals surface area contributed by atoms with E-state index in [0.717, 1.165) is 23.0 Å². The molecular formula is C14H18ClN3. The first-order chi connectivity index (χ1) is 8.63. The molecule has 0 radical (unpaired) electrons. The van der Waals surface area contributed by atoms with Gasteiger partial charge in [-0.15, -0.1) is 0 Å². The topological polar surface area (TPSA) is 29.9 Å². The van der Waals surface area contributed by atoms with Crippen LogP contribution in [0.25, 0.3) is 0 Å². The van der Waals surface area contributed by atoms with Crippen molar-refractivity contribution in [3.05, 3.63) is 52.6 Å². The summed E-state index contributed by atoms with van der Waals surface area (Å²) in [5.41, 5.74) is 2.23. The lowest BCUT2D eigenvalue weighted by Crippen LogP contribution is -2.25. The average molecular weight is 264 g/mol. The lowest BCUT2D eigenvalue weighted by atomic mass is 10.0. The maximum atomic E-state index is 6.35. The minimum Gasteiger partial charge on any atom is -0.336 e. The molecule has 0 saturated carbocycles. The van der Waals surface area contributed by atoms with Gasteiger partial charge in [0.25, 0.3) is 0 Å². The SMILES string of the molecule is CCNC(c1ccc(C)cc1Cl)c1nccn1C. The Kier molecular flexibility index (Phi) is 4.04. The summed E-state index contributed by atoms with van der Waals surface area (Å²) >= 11 is 6.35. The van der Waals surface area contributed by atoms with Gasteiger partial charge in [0, 0.05) is 24.5 Å². The van der Waals surface area contributed by atoms with E-state index in [9.17, 15) is 0 Å². The summed E-state index contributed by atoms with van der Waals surface area (Å²) in [6, 6.07) is 6.17. The fourth-order valence-electron chi connectivity index (χ4n) is 2.07. The third-order valence-corrected chi connectivity index (χ3v) is 3.32. The number of aryl methyl sites for hydroxylation is 2. The van der Waals surface area contributed by atoms with Gasteiger partial charge in [-0.1, -0.05) is 30.7 Å². The van der Waals surface area contributed by atoms with E-state index in [1.54, 1.807) is 0 Å². The molecule has 0 amide bonds. The van der Waals surface area contributed by atoms with E-state index < -0.39 is 0 Å². The highest BCUT2D eigenvalue weighted by Gasteiger charge is 2.19. The van der Waals surface area contributed by atoms with E-state index in [-0.39, 0.29) is 6.04 Å². The van der Waals surface area contributed by atoms with Crippen LogP contribution in [0.2, 0.25) is 5.02 Å². The second kappa shape index (κ2) is 5.55. The zero-order chi connectivity index (χ0) is 13.1. The first-order valence-corrected chi connectivity index (χ1v) is 6.48.